The van der Waals surface area contributed by atoms with E-state index in [2.05, 4.69) is 34.5 Å². The maximum absolute atomic E-state index is 9.47. The molecule has 0 aliphatic rings. The molecule has 0 aliphatic heterocycles. The fourth-order valence-electron chi connectivity index (χ4n) is 1.49. The molecule has 0 saturated heterocycles. The summed E-state index contributed by atoms with van der Waals surface area (Å²) in [5, 5.41) is 0. The Balaban J connectivity index is 0. The molecule has 1 aromatic rings. The van der Waals surface area contributed by atoms with Crippen molar-refractivity contribution < 1.29 is 42.6 Å². The van der Waals surface area contributed by atoms with Gasteiger partial charge in [0.1, 0.15) is 21.7 Å². The van der Waals surface area contributed by atoms with E-state index in [0.717, 1.165) is 4.47 Å². The molecule has 0 amide bonds. The van der Waals surface area contributed by atoms with E-state index >= 15 is 0 Å². The fraction of sp³-hybridized carbons (Fsp3) is 0.500. The first-order valence-electron chi connectivity index (χ1n) is 7.44. The van der Waals surface area contributed by atoms with Crippen molar-refractivity contribution in [3.63, 3.8) is 0 Å². The third-order valence-corrected chi connectivity index (χ3v) is 3.50. The first kappa shape index (κ1) is 26.4. The third kappa shape index (κ3) is 10.7. The molecule has 0 bridgehead atoms. The summed E-state index contributed by atoms with van der Waals surface area (Å²) in [6, 6.07) is 3.62. The van der Waals surface area contributed by atoms with Crippen LogP contribution in [0.3, 0.4) is 0 Å². The first-order valence-corrected chi connectivity index (χ1v) is 8.23. The van der Waals surface area contributed by atoms with Crippen LogP contribution in [-0.4, -0.2) is 32.4 Å². The number of halogens is 1. The maximum Gasteiger partial charge on any atom is 1.00 e. The van der Waals surface area contributed by atoms with Crippen LogP contribution in [-0.2, 0) is 9.53 Å². The molecule has 25 heavy (non-hydrogen) atoms. The van der Waals surface area contributed by atoms with Crippen molar-refractivity contribution in [2.75, 3.05) is 14.2 Å². The molecule has 0 aromatic heterocycles. The molecule has 0 N–H and O–H groups in total. The van der Waals surface area contributed by atoms with Gasteiger partial charge in [-0.2, -0.15) is 0 Å². The van der Waals surface area contributed by atoms with Crippen molar-refractivity contribution >= 4 is 22.4 Å². The topological polar surface area (TPSA) is 54.0 Å². The van der Waals surface area contributed by atoms with Gasteiger partial charge in [0, 0.05) is 18.2 Å². The number of hydrogen-bond donors (Lipinski definition) is 0. The minimum Gasteiger partial charge on any atom is -0.649 e. The van der Waals surface area contributed by atoms with Crippen LogP contribution in [0.5, 0.6) is 17.2 Å². The summed E-state index contributed by atoms with van der Waals surface area (Å²) >= 11 is 3.41. The Bertz CT molecular complexity index is 474. The van der Waals surface area contributed by atoms with E-state index in [0.29, 0.717) is 30.1 Å². The second-order valence-corrected chi connectivity index (χ2v) is 6.55. The van der Waals surface area contributed by atoms with Gasteiger partial charge in [-0.3, -0.25) is 0 Å². The Kier molecular flexibility index (Phi) is 14.1. The summed E-state index contributed by atoms with van der Waals surface area (Å²) in [5.74, 6) is 2.04. The molecule has 0 spiro atoms. The molecule has 0 unspecified atom stereocenters. The Morgan fingerprint density at radius 3 is 1.80 bits per heavy atom. The molecule has 0 radical (unpaired) electrons. The minimum atomic E-state index is -0.373. The summed E-state index contributed by atoms with van der Waals surface area (Å²) in [6.07, 6.45) is 1.35. The van der Waals surface area contributed by atoms with Crippen molar-refractivity contribution in [2.45, 2.75) is 45.3 Å². The van der Waals surface area contributed by atoms with Gasteiger partial charge in [0.15, 0.2) is 0 Å². The van der Waals surface area contributed by atoms with Gasteiger partial charge in [-0.15, -0.1) is 12.8 Å². The van der Waals surface area contributed by atoms with Crippen LogP contribution in [0, 0.1) is 13.8 Å². The van der Waals surface area contributed by atoms with E-state index < -0.39 is 0 Å². The van der Waals surface area contributed by atoms with Gasteiger partial charge in [0.2, 0.25) is 0 Å². The smallest absolute Gasteiger partial charge is 0.649 e. The van der Waals surface area contributed by atoms with Gasteiger partial charge in [-0.05, 0) is 36.7 Å². The zero-order valence-electron chi connectivity index (χ0n) is 16.0. The number of hydrogen-bond acceptors (Lipinski definition) is 5. The number of carbonyl (C=O) groups excluding carboxylic acids is 1. The monoisotopic (exact) mass is 408 g/mol. The second kappa shape index (κ2) is 13.4. The number of rotatable bonds is 7. The van der Waals surface area contributed by atoms with E-state index in [-0.39, 0.29) is 30.6 Å². The molecule has 0 heterocycles. The van der Waals surface area contributed by atoms with Gasteiger partial charge in [-0.25, -0.2) is 0 Å². The average Bonchev–Trinajstić information content (AvgIpc) is 2.53. The zero-order chi connectivity index (χ0) is 18.8. The van der Waals surface area contributed by atoms with E-state index in [4.69, 9.17) is 14.2 Å². The van der Waals surface area contributed by atoms with E-state index in [1.165, 1.54) is 6.47 Å². The maximum atomic E-state index is 9.47. The van der Waals surface area contributed by atoms with Crippen LogP contribution in [0.2, 0.25) is 0 Å². The molecular weight excluding hydrogens is 383 g/mol. The van der Waals surface area contributed by atoms with E-state index in [1.54, 1.807) is 35.0 Å². The Labute approximate surface area is 172 Å². The summed E-state index contributed by atoms with van der Waals surface area (Å²) < 4.78 is 21.4. The van der Waals surface area contributed by atoms with Crippen LogP contribution in [0.1, 0.15) is 33.6 Å². The summed E-state index contributed by atoms with van der Waals surface area (Å²) in [5.41, 5.74) is -0.373. The molecule has 1 aromatic carbocycles. The molecule has 0 aliphatic carbocycles. The van der Waals surface area contributed by atoms with Gasteiger partial charge in [0.25, 0.3) is 0 Å². The van der Waals surface area contributed by atoms with Crippen molar-refractivity contribution in [1.82, 2.24) is 0 Å². The Hall–Kier alpha value is -0.833. The quantitative estimate of drug-likeness (QED) is 0.505. The Morgan fingerprint density at radius 1 is 1.12 bits per heavy atom. The predicted molar refractivity (Wildman–Crippen MR) is 98.1 cm³/mol. The molecule has 138 valence electrons. The van der Waals surface area contributed by atoms with Gasteiger partial charge >= 0.3 is 18.9 Å². The minimum absolute atomic E-state index is 0. The zero-order valence-corrected chi connectivity index (χ0v) is 17.6. The summed E-state index contributed by atoms with van der Waals surface area (Å²) in [4.78, 5) is 9.47. The van der Waals surface area contributed by atoms with Gasteiger partial charge in [0.05, 0.1) is 19.8 Å². The van der Waals surface area contributed by atoms with Crippen LogP contribution < -0.4 is 33.1 Å². The van der Waals surface area contributed by atoms with E-state index in [9.17, 15) is 4.79 Å². The van der Waals surface area contributed by atoms with Crippen LogP contribution in [0.25, 0.3) is 0 Å². The fourth-order valence-corrected chi connectivity index (χ4v) is 2.05. The predicted octanol–water partition coefficient (Wildman–Crippen LogP) is 1.53. The van der Waals surface area contributed by atoms with Crippen molar-refractivity contribution in [3.05, 3.63) is 30.5 Å². The molecule has 1 rings (SSSR count). The van der Waals surface area contributed by atoms with Gasteiger partial charge < -0.3 is 37.6 Å². The van der Waals surface area contributed by atoms with Crippen molar-refractivity contribution in [2.24, 2.45) is 0 Å². The van der Waals surface area contributed by atoms with Gasteiger partial charge in [-0.1, -0.05) is 6.47 Å². The number of benzene rings is 1. The third-order valence-electron chi connectivity index (χ3n) is 2.71. The molecule has 0 atom stereocenters. The van der Waals surface area contributed by atoms with Crippen LogP contribution in [0.4, 0.5) is 0 Å². The normalized spacial score (nSPS) is 10.1. The first-order chi connectivity index (χ1) is 11.2. The second-order valence-electron chi connectivity index (χ2n) is 5.76. The largest absolute Gasteiger partial charge is 1.00 e. The number of ether oxygens (including phenoxy) is 4. The SMILES string of the molecule is CC(C)(C)O[C-]=O.[CH2-]CC(C[CH2-])Oc1cc(OC)c(Br)c(OC)c1.[Li+]. The molecule has 5 nitrogen and oxygen atoms in total. The Morgan fingerprint density at radius 2 is 1.56 bits per heavy atom. The molecule has 0 saturated carbocycles. The average molecular weight is 409 g/mol. The van der Waals surface area contributed by atoms with Crippen LogP contribution >= 0.6 is 15.9 Å². The van der Waals surface area contributed by atoms with Crippen molar-refractivity contribution in [3.8, 4) is 17.2 Å². The summed E-state index contributed by atoms with van der Waals surface area (Å²) in [6.45, 7) is 14.4. The van der Waals surface area contributed by atoms with Crippen molar-refractivity contribution in [1.29, 1.82) is 0 Å². The molecule has 7 heteroatoms. The van der Waals surface area contributed by atoms with E-state index in [1.807, 2.05) is 12.1 Å². The standard InChI is InChI=1S/C13H17BrO3.C5H9O2.Li/c1-5-9(6-2)17-10-7-11(15-3)13(14)12(8-10)16-4;1-5(2,3)7-4-6;/h7-9H,1-2,5-6H2,3-4H3;1-3H3;/q-2;-1;+1. The number of methoxy groups -OCH3 is 2. The molecular formula is C18H26BrLiO5-2. The summed E-state index contributed by atoms with van der Waals surface area (Å²) in [7, 11) is 3.20. The van der Waals surface area contributed by atoms with Crippen LogP contribution in [0.15, 0.2) is 16.6 Å². The molecule has 0 fully saturated rings.